The van der Waals surface area contributed by atoms with E-state index in [9.17, 15) is 9.59 Å². The summed E-state index contributed by atoms with van der Waals surface area (Å²) in [6.45, 7) is 1.92. The van der Waals surface area contributed by atoms with Crippen LogP contribution in [0.15, 0.2) is 101 Å². The van der Waals surface area contributed by atoms with Gasteiger partial charge in [0.1, 0.15) is 28.9 Å². The number of ether oxygens (including phenoxy) is 1. The Morgan fingerprint density at radius 3 is 2.51 bits per heavy atom. The molecule has 0 radical (unpaired) electrons. The predicted octanol–water partition coefficient (Wildman–Crippen LogP) is 6.05. The number of benzene rings is 3. The van der Waals surface area contributed by atoms with Gasteiger partial charge in [0.2, 0.25) is 0 Å². The van der Waals surface area contributed by atoms with E-state index in [-0.39, 0.29) is 11.0 Å². The van der Waals surface area contributed by atoms with Crippen molar-refractivity contribution in [3.05, 3.63) is 134 Å². The first-order valence-electron chi connectivity index (χ1n) is 13.1. The molecule has 0 amide bonds. The summed E-state index contributed by atoms with van der Waals surface area (Å²) in [6.07, 6.45) is 3.52. The molecule has 0 unspecified atom stereocenters. The van der Waals surface area contributed by atoms with Gasteiger partial charge in [-0.3, -0.25) is 14.2 Å². The standard InChI is InChI=1S/C32H26ClN5O3/c1-19(26-16-21-7-6-10-25(33)27(21)32(40)38(26)23-8-4-3-5-9-23)37-31-28-29(39)22(17-34-30(28)35-18-36-31)15-20-11-13-24(41-2)14-12-20/h3-14,16-19H,15H2,1-2H3,(H2,34,35,36,37,39)/t19-/m0/s1. The molecule has 0 saturated heterocycles. The Morgan fingerprint density at radius 2 is 1.76 bits per heavy atom. The molecule has 0 aliphatic rings. The van der Waals surface area contributed by atoms with Gasteiger partial charge in [0.25, 0.3) is 5.56 Å². The van der Waals surface area contributed by atoms with Crippen LogP contribution >= 0.6 is 11.6 Å². The van der Waals surface area contributed by atoms with E-state index < -0.39 is 6.04 Å². The summed E-state index contributed by atoms with van der Waals surface area (Å²) in [5.74, 6) is 1.12. The van der Waals surface area contributed by atoms with Crippen LogP contribution in [0.1, 0.15) is 29.8 Å². The molecule has 0 spiro atoms. The van der Waals surface area contributed by atoms with Gasteiger partial charge in [0, 0.05) is 29.6 Å². The third kappa shape index (κ3) is 4.94. The molecule has 41 heavy (non-hydrogen) atoms. The Labute approximate surface area is 240 Å². The van der Waals surface area contributed by atoms with Gasteiger partial charge in [0.15, 0.2) is 5.43 Å². The van der Waals surface area contributed by atoms with Crippen molar-refractivity contribution in [2.45, 2.75) is 19.4 Å². The molecule has 3 heterocycles. The predicted molar refractivity (Wildman–Crippen MR) is 163 cm³/mol. The molecule has 0 fully saturated rings. The maximum Gasteiger partial charge on any atom is 0.264 e. The third-order valence-corrected chi connectivity index (χ3v) is 7.45. The maximum absolute atomic E-state index is 13.8. The van der Waals surface area contributed by atoms with Gasteiger partial charge < -0.3 is 15.0 Å². The minimum Gasteiger partial charge on any atom is -0.497 e. The maximum atomic E-state index is 13.8. The lowest BCUT2D eigenvalue weighted by molar-refractivity contribution is 0.414. The second kappa shape index (κ2) is 10.9. The Hall–Kier alpha value is -4.95. The van der Waals surface area contributed by atoms with Crippen molar-refractivity contribution in [3.8, 4) is 11.4 Å². The van der Waals surface area contributed by atoms with Gasteiger partial charge in [-0.15, -0.1) is 0 Å². The first-order chi connectivity index (χ1) is 19.9. The van der Waals surface area contributed by atoms with Gasteiger partial charge in [-0.1, -0.05) is 54.1 Å². The van der Waals surface area contributed by atoms with Crippen LogP contribution in [0.2, 0.25) is 5.02 Å². The Bertz CT molecular complexity index is 2000. The molecule has 1 atom stereocenters. The van der Waals surface area contributed by atoms with E-state index in [0.29, 0.717) is 50.6 Å². The van der Waals surface area contributed by atoms with E-state index in [1.165, 1.54) is 6.33 Å². The van der Waals surface area contributed by atoms with E-state index in [4.69, 9.17) is 16.3 Å². The zero-order chi connectivity index (χ0) is 28.5. The van der Waals surface area contributed by atoms with Crippen molar-refractivity contribution >= 4 is 39.2 Å². The highest BCUT2D eigenvalue weighted by atomic mass is 35.5. The fourth-order valence-corrected chi connectivity index (χ4v) is 5.34. The van der Waals surface area contributed by atoms with Crippen LogP contribution in [0.5, 0.6) is 5.75 Å². The number of pyridine rings is 2. The first-order valence-corrected chi connectivity index (χ1v) is 13.5. The minimum absolute atomic E-state index is 0.171. The van der Waals surface area contributed by atoms with Crippen LogP contribution in [0.3, 0.4) is 0 Å². The number of nitrogens with zero attached hydrogens (tertiary/aromatic N) is 3. The number of aromatic nitrogens is 4. The lowest BCUT2D eigenvalue weighted by atomic mass is 10.0. The Kier molecular flexibility index (Phi) is 6.99. The average Bonchev–Trinajstić information content (AvgIpc) is 2.99. The first kappa shape index (κ1) is 26.3. The number of hydrogen-bond acceptors (Lipinski definition) is 6. The number of para-hydroxylation sites is 1. The van der Waals surface area contributed by atoms with Crippen LogP contribution in [-0.2, 0) is 6.42 Å². The smallest absolute Gasteiger partial charge is 0.264 e. The number of fused-ring (bicyclic) bond motifs is 2. The highest BCUT2D eigenvalue weighted by Gasteiger charge is 2.20. The zero-order valence-electron chi connectivity index (χ0n) is 22.4. The number of halogens is 1. The number of H-pyrrole nitrogens is 1. The molecule has 6 aromatic rings. The van der Waals surface area contributed by atoms with Gasteiger partial charge >= 0.3 is 0 Å². The summed E-state index contributed by atoms with van der Waals surface area (Å²) in [5, 5.41) is 5.30. The fraction of sp³-hybridized carbons (Fsp3) is 0.125. The zero-order valence-corrected chi connectivity index (χ0v) is 23.1. The molecule has 0 aliphatic carbocycles. The largest absolute Gasteiger partial charge is 0.497 e. The molecule has 0 bridgehead atoms. The summed E-state index contributed by atoms with van der Waals surface area (Å²) < 4.78 is 6.89. The van der Waals surface area contributed by atoms with Crippen molar-refractivity contribution in [1.82, 2.24) is 19.5 Å². The molecule has 6 rings (SSSR count). The van der Waals surface area contributed by atoms with Crippen molar-refractivity contribution in [3.63, 3.8) is 0 Å². The third-order valence-electron chi connectivity index (χ3n) is 7.14. The highest BCUT2D eigenvalue weighted by Crippen LogP contribution is 2.28. The fourth-order valence-electron chi connectivity index (χ4n) is 5.08. The lowest BCUT2D eigenvalue weighted by Crippen LogP contribution is -2.26. The minimum atomic E-state index is -0.422. The van der Waals surface area contributed by atoms with Crippen LogP contribution in [0.25, 0.3) is 27.5 Å². The summed E-state index contributed by atoms with van der Waals surface area (Å²) in [5.41, 5.74) is 2.96. The number of methoxy groups -OCH3 is 1. The van der Waals surface area contributed by atoms with E-state index >= 15 is 0 Å². The average molecular weight is 564 g/mol. The van der Waals surface area contributed by atoms with Crippen LogP contribution in [0.4, 0.5) is 5.82 Å². The SMILES string of the molecule is COc1ccc(Cc2c[nH]c3ncnc(N[C@@H](C)c4cc5cccc(Cl)c5c(=O)n4-c4ccccc4)c3c2=O)cc1. The molecule has 204 valence electrons. The molecule has 0 aliphatic heterocycles. The van der Waals surface area contributed by atoms with Crippen molar-refractivity contribution < 1.29 is 4.74 Å². The number of rotatable bonds is 7. The number of aromatic amines is 1. The van der Waals surface area contributed by atoms with E-state index in [0.717, 1.165) is 16.7 Å². The summed E-state index contributed by atoms with van der Waals surface area (Å²) >= 11 is 6.46. The lowest BCUT2D eigenvalue weighted by Gasteiger charge is -2.22. The van der Waals surface area contributed by atoms with E-state index in [1.54, 1.807) is 23.9 Å². The number of anilines is 1. The molecule has 2 N–H and O–H groups in total. The number of hydrogen-bond donors (Lipinski definition) is 2. The van der Waals surface area contributed by atoms with Gasteiger partial charge in [-0.25, -0.2) is 9.97 Å². The molecule has 8 nitrogen and oxygen atoms in total. The highest BCUT2D eigenvalue weighted by molar-refractivity contribution is 6.35. The monoisotopic (exact) mass is 563 g/mol. The number of nitrogens with one attached hydrogen (secondary N) is 2. The summed E-state index contributed by atoms with van der Waals surface area (Å²) in [4.78, 5) is 39.4. The van der Waals surface area contributed by atoms with Crippen LogP contribution in [-0.4, -0.2) is 26.6 Å². The molecular weight excluding hydrogens is 538 g/mol. The molecule has 3 aromatic heterocycles. The molecule has 0 saturated carbocycles. The van der Waals surface area contributed by atoms with Gasteiger partial charge in [0.05, 0.1) is 23.6 Å². The quantitative estimate of drug-likeness (QED) is 0.245. The van der Waals surface area contributed by atoms with Crippen LogP contribution in [0, 0.1) is 0 Å². The van der Waals surface area contributed by atoms with E-state index in [2.05, 4.69) is 20.3 Å². The summed E-state index contributed by atoms with van der Waals surface area (Å²) in [6, 6.07) is 23.9. The summed E-state index contributed by atoms with van der Waals surface area (Å²) in [7, 11) is 1.62. The molecular formula is C32H26ClN5O3. The van der Waals surface area contributed by atoms with Crippen molar-refractivity contribution in [2.75, 3.05) is 12.4 Å². The van der Waals surface area contributed by atoms with Gasteiger partial charge in [-0.2, -0.15) is 0 Å². The van der Waals surface area contributed by atoms with Crippen LogP contribution < -0.4 is 21.0 Å². The normalized spacial score (nSPS) is 12.0. The molecule has 9 heteroatoms. The van der Waals surface area contributed by atoms with Gasteiger partial charge in [-0.05, 0) is 54.3 Å². The topological polar surface area (TPSA) is 102 Å². The Morgan fingerprint density at radius 1 is 0.976 bits per heavy atom. The second-order valence-electron chi connectivity index (χ2n) is 9.73. The van der Waals surface area contributed by atoms with Crippen molar-refractivity contribution in [1.29, 1.82) is 0 Å². The second-order valence-corrected chi connectivity index (χ2v) is 10.1. The van der Waals surface area contributed by atoms with Crippen molar-refractivity contribution in [2.24, 2.45) is 0 Å². The van der Waals surface area contributed by atoms with E-state index in [1.807, 2.05) is 79.7 Å². The molecule has 3 aromatic carbocycles. The Balaban J connectivity index is 1.44.